The number of aryl methyl sites for hydroxylation is 2. The highest BCUT2D eigenvalue weighted by Gasteiger charge is 2.11. The number of hydrogen-bond donors (Lipinski definition) is 1. The van der Waals surface area contributed by atoms with E-state index in [0.717, 1.165) is 17.0 Å². The molecule has 1 amide bonds. The molecule has 2 aromatic heterocycles. The van der Waals surface area contributed by atoms with Crippen LogP contribution < -0.4 is 5.32 Å². The number of carbonyl (C=O) groups excluding carboxylic acids is 1. The number of anilines is 1. The van der Waals surface area contributed by atoms with E-state index in [4.69, 9.17) is 4.42 Å². The summed E-state index contributed by atoms with van der Waals surface area (Å²) in [6.07, 6.45) is 3.24. The largest absolute Gasteiger partial charge is 0.441 e. The molecule has 0 aliphatic rings. The number of hydrogen-bond acceptors (Lipinski definition) is 6. The van der Waals surface area contributed by atoms with E-state index in [1.54, 1.807) is 6.20 Å². The highest BCUT2D eigenvalue weighted by atomic mass is 32.1. The van der Waals surface area contributed by atoms with Crippen LogP contribution in [-0.2, 0) is 17.6 Å². The standard InChI is InChI=1S/C19H22N4O2S/c1-4-18-22-23-19(26-18)21-16(24)9-10-17-20-11-15(25-17)14-7-5-13(6-8-14)12(2)3/h5-8,11-12H,4,9-10H2,1-3H3,(H,21,23,24). The average Bonchev–Trinajstić information content (AvgIpc) is 3.29. The van der Waals surface area contributed by atoms with Crippen molar-refractivity contribution in [1.82, 2.24) is 15.2 Å². The van der Waals surface area contributed by atoms with Gasteiger partial charge in [-0.3, -0.25) is 4.79 Å². The molecule has 0 saturated heterocycles. The van der Waals surface area contributed by atoms with Crippen LogP contribution in [0.3, 0.4) is 0 Å². The van der Waals surface area contributed by atoms with Gasteiger partial charge in [-0.15, -0.1) is 10.2 Å². The first-order chi connectivity index (χ1) is 12.5. The lowest BCUT2D eigenvalue weighted by Gasteiger charge is -2.05. The van der Waals surface area contributed by atoms with Crippen LogP contribution in [0.25, 0.3) is 11.3 Å². The molecule has 0 saturated carbocycles. The van der Waals surface area contributed by atoms with Crippen LogP contribution in [0.5, 0.6) is 0 Å². The second kappa shape index (κ2) is 8.23. The minimum absolute atomic E-state index is 0.121. The van der Waals surface area contributed by atoms with Gasteiger partial charge in [0.05, 0.1) is 6.20 Å². The number of benzene rings is 1. The molecule has 3 aromatic rings. The summed E-state index contributed by atoms with van der Waals surface area (Å²) in [6.45, 7) is 6.33. The van der Waals surface area contributed by atoms with E-state index in [9.17, 15) is 4.79 Å². The van der Waals surface area contributed by atoms with E-state index < -0.39 is 0 Å². The number of aromatic nitrogens is 3. The zero-order valence-corrected chi connectivity index (χ0v) is 16.0. The molecule has 0 spiro atoms. The van der Waals surface area contributed by atoms with Crippen molar-refractivity contribution in [3.8, 4) is 11.3 Å². The zero-order valence-electron chi connectivity index (χ0n) is 15.2. The van der Waals surface area contributed by atoms with E-state index in [1.165, 1.54) is 16.9 Å². The van der Waals surface area contributed by atoms with Crippen LogP contribution in [0.4, 0.5) is 5.13 Å². The first kappa shape index (κ1) is 18.3. The molecule has 0 bridgehead atoms. The number of nitrogens with one attached hydrogen (secondary N) is 1. The van der Waals surface area contributed by atoms with Gasteiger partial charge in [0.2, 0.25) is 11.0 Å². The predicted octanol–water partition coefficient (Wildman–Crippen LogP) is 4.45. The summed E-state index contributed by atoms with van der Waals surface area (Å²) in [7, 11) is 0. The summed E-state index contributed by atoms with van der Waals surface area (Å²) in [5, 5.41) is 12.1. The lowest BCUT2D eigenvalue weighted by Crippen LogP contribution is -2.12. The highest BCUT2D eigenvalue weighted by molar-refractivity contribution is 7.15. The van der Waals surface area contributed by atoms with Crippen LogP contribution >= 0.6 is 11.3 Å². The third-order valence-corrected chi connectivity index (χ3v) is 4.98. The lowest BCUT2D eigenvalue weighted by molar-refractivity contribution is -0.116. The summed E-state index contributed by atoms with van der Waals surface area (Å²) < 4.78 is 5.78. The maximum absolute atomic E-state index is 12.0. The van der Waals surface area contributed by atoms with Crippen molar-refractivity contribution in [3.63, 3.8) is 0 Å². The van der Waals surface area contributed by atoms with Gasteiger partial charge in [-0.05, 0) is 17.9 Å². The Morgan fingerprint density at radius 3 is 2.65 bits per heavy atom. The van der Waals surface area contributed by atoms with Crippen molar-refractivity contribution in [1.29, 1.82) is 0 Å². The van der Waals surface area contributed by atoms with Crippen LogP contribution in [0.1, 0.15) is 49.6 Å². The van der Waals surface area contributed by atoms with Crippen LogP contribution in [0.15, 0.2) is 34.9 Å². The molecule has 2 heterocycles. The monoisotopic (exact) mass is 370 g/mol. The number of oxazole rings is 1. The Kier molecular flexibility index (Phi) is 5.78. The topological polar surface area (TPSA) is 80.9 Å². The van der Waals surface area contributed by atoms with E-state index in [2.05, 4.69) is 46.5 Å². The fourth-order valence-corrected chi connectivity index (χ4v) is 3.14. The van der Waals surface area contributed by atoms with E-state index in [-0.39, 0.29) is 12.3 Å². The molecule has 0 unspecified atom stereocenters. The molecule has 0 radical (unpaired) electrons. The zero-order chi connectivity index (χ0) is 18.5. The highest BCUT2D eigenvalue weighted by Crippen LogP contribution is 2.24. The molecule has 0 aliphatic heterocycles. The Morgan fingerprint density at radius 2 is 2.00 bits per heavy atom. The van der Waals surface area contributed by atoms with E-state index >= 15 is 0 Å². The quantitative estimate of drug-likeness (QED) is 0.664. The first-order valence-electron chi connectivity index (χ1n) is 8.72. The minimum atomic E-state index is -0.121. The van der Waals surface area contributed by atoms with Gasteiger partial charge in [0.25, 0.3) is 0 Å². The molecule has 1 aromatic carbocycles. The molecule has 0 fully saturated rings. The maximum atomic E-state index is 12.0. The van der Waals surface area contributed by atoms with Crippen LogP contribution in [-0.4, -0.2) is 21.1 Å². The summed E-state index contributed by atoms with van der Waals surface area (Å²) >= 11 is 1.39. The minimum Gasteiger partial charge on any atom is -0.441 e. The molecule has 26 heavy (non-hydrogen) atoms. The molecular formula is C19H22N4O2S. The van der Waals surface area contributed by atoms with Gasteiger partial charge in [-0.25, -0.2) is 4.98 Å². The van der Waals surface area contributed by atoms with E-state index in [1.807, 2.05) is 19.1 Å². The second-order valence-corrected chi connectivity index (χ2v) is 7.36. The normalized spacial score (nSPS) is 11.1. The molecule has 0 aliphatic carbocycles. The Balaban J connectivity index is 1.55. The Labute approximate surface area is 156 Å². The van der Waals surface area contributed by atoms with Crippen molar-refractivity contribution in [2.45, 2.75) is 46.0 Å². The average molecular weight is 370 g/mol. The summed E-state index contributed by atoms with van der Waals surface area (Å²) in [5.74, 6) is 1.64. The first-order valence-corrected chi connectivity index (χ1v) is 9.54. The third-order valence-electron chi connectivity index (χ3n) is 4.00. The Hall–Kier alpha value is -2.54. The van der Waals surface area contributed by atoms with Crippen molar-refractivity contribution < 1.29 is 9.21 Å². The molecule has 3 rings (SSSR count). The van der Waals surface area contributed by atoms with Crippen molar-refractivity contribution in [2.75, 3.05) is 5.32 Å². The van der Waals surface area contributed by atoms with Gasteiger partial charge < -0.3 is 9.73 Å². The molecule has 0 atom stereocenters. The molecule has 6 nitrogen and oxygen atoms in total. The molecule has 7 heteroatoms. The van der Waals surface area contributed by atoms with Gasteiger partial charge in [-0.1, -0.05) is 56.4 Å². The Morgan fingerprint density at radius 1 is 1.23 bits per heavy atom. The number of nitrogens with zero attached hydrogens (tertiary/aromatic N) is 3. The smallest absolute Gasteiger partial charge is 0.226 e. The summed E-state index contributed by atoms with van der Waals surface area (Å²) in [4.78, 5) is 16.3. The Bertz CT molecular complexity index is 868. The molecule has 136 valence electrons. The van der Waals surface area contributed by atoms with Crippen molar-refractivity contribution in [2.24, 2.45) is 0 Å². The second-order valence-electron chi connectivity index (χ2n) is 6.30. The molecule has 1 N–H and O–H groups in total. The van der Waals surface area contributed by atoms with Crippen molar-refractivity contribution >= 4 is 22.4 Å². The van der Waals surface area contributed by atoms with Crippen LogP contribution in [0.2, 0.25) is 0 Å². The van der Waals surface area contributed by atoms with Gasteiger partial charge in [0.15, 0.2) is 11.7 Å². The summed E-state index contributed by atoms with van der Waals surface area (Å²) in [6, 6.07) is 8.27. The van der Waals surface area contributed by atoms with Gasteiger partial charge in [0, 0.05) is 18.4 Å². The SMILES string of the molecule is CCc1nnc(NC(=O)CCc2ncc(-c3ccc(C(C)C)cc3)o2)s1. The fourth-order valence-electron chi connectivity index (χ4n) is 2.44. The van der Waals surface area contributed by atoms with Crippen molar-refractivity contribution in [3.05, 3.63) is 46.9 Å². The maximum Gasteiger partial charge on any atom is 0.226 e. The lowest BCUT2D eigenvalue weighted by atomic mass is 10.0. The van der Waals surface area contributed by atoms with E-state index in [0.29, 0.717) is 29.1 Å². The third kappa shape index (κ3) is 4.54. The van der Waals surface area contributed by atoms with Gasteiger partial charge in [0.1, 0.15) is 5.01 Å². The number of rotatable bonds is 7. The molecular weight excluding hydrogens is 348 g/mol. The van der Waals surface area contributed by atoms with Gasteiger partial charge in [-0.2, -0.15) is 0 Å². The van der Waals surface area contributed by atoms with Gasteiger partial charge >= 0.3 is 0 Å². The summed E-state index contributed by atoms with van der Waals surface area (Å²) in [5.41, 5.74) is 2.27. The predicted molar refractivity (Wildman–Crippen MR) is 102 cm³/mol. The number of amides is 1. The number of carbonyl (C=O) groups is 1. The van der Waals surface area contributed by atoms with Crippen LogP contribution in [0, 0.1) is 0 Å². The fraction of sp³-hybridized carbons (Fsp3) is 0.368.